The number of aromatic nitrogens is 1. The molecule has 1 aromatic carbocycles. The number of urea groups is 1. The van der Waals surface area contributed by atoms with Gasteiger partial charge in [-0.15, -0.1) is 11.3 Å². The summed E-state index contributed by atoms with van der Waals surface area (Å²) >= 11 is 1.51. The van der Waals surface area contributed by atoms with Crippen molar-refractivity contribution in [1.29, 1.82) is 0 Å². The first-order chi connectivity index (χ1) is 11.2. The Labute approximate surface area is 140 Å². The van der Waals surface area contributed by atoms with E-state index in [0.29, 0.717) is 5.13 Å². The molecular formula is C17H22N4OS. The van der Waals surface area contributed by atoms with Crippen LogP contribution in [0.3, 0.4) is 0 Å². The molecule has 3 rings (SSSR count). The lowest BCUT2D eigenvalue weighted by molar-refractivity contribution is 0.148. The van der Waals surface area contributed by atoms with Gasteiger partial charge in [0.05, 0.1) is 0 Å². The molecule has 1 aliphatic rings. The van der Waals surface area contributed by atoms with Crippen LogP contribution in [0.2, 0.25) is 0 Å². The van der Waals surface area contributed by atoms with E-state index in [4.69, 9.17) is 0 Å². The molecule has 1 aliphatic heterocycles. The fourth-order valence-electron chi connectivity index (χ4n) is 2.69. The maximum absolute atomic E-state index is 12.2. The Morgan fingerprint density at radius 3 is 2.61 bits per heavy atom. The van der Waals surface area contributed by atoms with Crippen LogP contribution >= 0.6 is 11.3 Å². The van der Waals surface area contributed by atoms with Gasteiger partial charge in [-0.25, -0.2) is 9.78 Å². The molecule has 1 aromatic heterocycles. The molecule has 6 heteroatoms. The smallest absolute Gasteiger partial charge is 0.322 e. The second kappa shape index (κ2) is 7.57. The standard InChI is InChI=1S/C17H22N4OS/c1-14-13-18-16(23-14)19-17(22)21-11-9-20(10-12-21)8-7-15-5-3-2-4-6-15/h2-6,13H,7-12H2,1H3,(H,18,19,22). The molecular weight excluding hydrogens is 308 g/mol. The lowest BCUT2D eigenvalue weighted by atomic mass is 10.1. The van der Waals surface area contributed by atoms with Crippen molar-refractivity contribution >= 4 is 22.5 Å². The van der Waals surface area contributed by atoms with E-state index in [1.165, 1.54) is 16.9 Å². The summed E-state index contributed by atoms with van der Waals surface area (Å²) in [5, 5.41) is 3.56. The molecule has 0 aliphatic carbocycles. The highest BCUT2D eigenvalue weighted by atomic mass is 32.1. The predicted octanol–water partition coefficient (Wildman–Crippen LogP) is 2.84. The summed E-state index contributed by atoms with van der Waals surface area (Å²) in [6, 6.07) is 10.5. The second-order valence-corrected chi connectivity index (χ2v) is 7.01. The fraction of sp³-hybridized carbons (Fsp3) is 0.412. The molecule has 0 bridgehead atoms. The molecule has 0 spiro atoms. The molecule has 2 heterocycles. The minimum absolute atomic E-state index is 0.0398. The van der Waals surface area contributed by atoms with Crippen molar-refractivity contribution in [3.8, 4) is 0 Å². The molecule has 2 aromatic rings. The number of benzene rings is 1. The topological polar surface area (TPSA) is 48.5 Å². The summed E-state index contributed by atoms with van der Waals surface area (Å²) in [4.78, 5) is 21.8. The van der Waals surface area contributed by atoms with Gasteiger partial charge in [0.2, 0.25) is 0 Å². The first-order valence-corrected chi connectivity index (χ1v) is 8.77. The van der Waals surface area contributed by atoms with Crippen LogP contribution in [0.4, 0.5) is 9.93 Å². The van der Waals surface area contributed by atoms with E-state index < -0.39 is 0 Å². The van der Waals surface area contributed by atoms with Gasteiger partial charge in [-0.3, -0.25) is 10.2 Å². The lowest BCUT2D eigenvalue weighted by Gasteiger charge is -2.34. The zero-order valence-electron chi connectivity index (χ0n) is 13.4. The lowest BCUT2D eigenvalue weighted by Crippen LogP contribution is -2.50. The average molecular weight is 330 g/mol. The van der Waals surface area contributed by atoms with Crippen LogP contribution in [0.1, 0.15) is 10.4 Å². The van der Waals surface area contributed by atoms with Crippen LogP contribution in [0.15, 0.2) is 36.5 Å². The minimum atomic E-state index is -0.0398. The number of rotatable bonds is 4. The molecule has 0 unspecified atom stereocenters. The van der Waals surface area contributed by atoms with Gasteiger partial charge in [0.15, 0.2) is 5.13 Å². The van der Waals surface area contributed by atoms with E-state index in [2.05, 4.69) is 39.5 Å². The largest absolute Gasteiger partial charge is 0.323 e. The van der Waals surface area contributed by atoms with Crippen molar-refractivity contribution in [2.45, 2.75) is 13.3 Å². The summed E-state index contributed by atoms with van der Waals surface area (Å²) in [6.45, 7) is 6.42. The summed E-state index contributed by atoms with van der Waals surface area (Å²) in [5.41, 5.74) is 1.37. The van der Waals surface area contributed by atoms with Crippen molar-refractivity contribution in [2.75, 3.05) is 38.0 Å². The van der Waals surface area contributed by atoms with E-state index in [-0.39, 0.29) is 6.03 Å². The molecule has 0 atom stereocenters. The van der Waals surface area contributed by atoms with Gasteiger partial charge in [-0.1, -0.05) is 30.3 Å². The summed E-state index contributed by atoms with van der Waals surface area (Å²) < 4.78 is 0. The number of carbonyl (C=O) groups excluding carboxylic acids is 1. The highest BCUT2D eigenvalue weighted by Gasteiger charge is 2.21. The average Bonchev–Trinajstić information content (AvgIpc) is 2.99. The second-order valence-electron chi connectivity index (χ2n) is 5.77. The molecule has 1 N–H and O–H groups in total. The molecule has 2 amide bonds. The van der Waals surface area contributed by atoms with Crippen molar-refractivity contribution in [3.05, 3.63) is 47.0 Å². The Morgan fingerprint density at radius 2 is 1.96 bits per heavy atom. The third-order valence-corrected chi connectivity index (χ3v) is 4.88. The molecule has 1 fully saturated rings. The zero-order valence-corrected chi connectivity index (χ0v) is 14.2. The number of piperazine rings is 1. The summed E-state index contributed by atoms with van der Waals surface area (Å²) in [5.74, 6) is 0. The number of anilines is 1. The molecule has 5 nitrogen and oxygen atoms in total. The third kappa shape index (κ3) is 4.53. The Hall–Kier alpha value is -1.92. The van der Waals surface area contributed by atoms with Crippen LogP contribution in [0.5, 0.6) is 0 Å². The SMILES string of the molecule is Cc1cnc(NC(=O)N2CCN(CCc3ccccc3)CC2)s1. The quantitative estimate of drug-likeness (QED) is 0.938. The zero-order chi connectivity index (χ0) is 16.1. The van der Waals surface area contributed by atoms with Crippen LogP contribution in [-0.4, -0.2) is 53.5 Å². The van der Waals surface area contributed by atoms with Crippen molar-refractivity contribution in [1.82, 2.24) is 14.8 Å². The predicted molar refractivity (Wildman–Crippen MR) is 94.0 cm³/mol. The Bertz CT molecular complexity index is 635. The fourth-order valence-corrected chi connectivity index (χ4v) is 3.34. The van der Waals surface area contributed by atoms with Crippen molar-refractivity contribution in [3.63, 3.8) is 0 Å². The van der Waals surface area contributed by atoms with Gasteiger partial charge in [-0.05, 0) is 18.9 Å². The van der Waals surface area contributed by atoms with Crippen LogP contribution in [0, 0.1) is 6.92 Å². The van der Waals surface area contributed by atoms with Crippen molar-refractivity contribution in [2.24, 2.45) is 0 Å². The first kappa shape index (κ1) is 16.0. The number of hydrogen-bond acceptors (Lipinski definition) is 4. The van der Waals surface area contributed by atoms with E-state index in [1.807, 2.05) is 17.9 Å². The summed E-state index contributed by atoms with van der Waals surface area (Å²) in [6.07, 6.45) is 2.84. The van der Waals surface area contributed by atoms with Crippen molar-refractivity contribution < 1.29 is 4.79 Å². The number of hydrogen-bond donors (Lipinski definition) is 1. The van der Waals surface area contributed by atoms with Gasteiger partial charge in [0, 0.05) is 43.8 Å². The highest BCUT2D eigenvalue weighted by molar-refractivity contribution is 7.15. The van der Waals surface area contributed by atoms with E-state index in [1.54, 1.807) is 6.20 Å². The number of amides is 2. The van der Waals surface area contributed by atoms with Crippen LogP contribution in [0.25, 0.3) is 0 Å². The van der Waals surface area contributed by atoms with Crippen LogP contribution in [-0.2, 0) is 6.42 Å². The number of thiazole rings is 1. The third-order valence-electron chi connectivity index (χ3n) is 4.05. The molecule has 0 radical (unpaired) electrons. The van der Waals surface area contributed by atoms with Gasteiger partial charge in [-0.2, -0.15) is 0 Å². The number of aryl methyl sites for hydroxylation is 1. The normalized spacial score (nSPS) is 15.6. The van der Waals surface area contributed by atoms with Gasteiger partial charge in [0.1, 0.15) is 0 Å². The van der Waals surface area contributed by atoms with E-state index >= 15 is 0 Å². The number of nitrogens with one attached hydrogen (secondary N) is 1. The molecule has 122 valence electrons. The van der Waals surface area contributed by atoms with E-state index in [9.17, 15) is 4.79 Å². The summed E-state index contributed by atoms with van der Waals surface area (Å²) in [7, 11) is 0. The Kier molecular flexibility index (Phi) is 5.25. The van der Waals surface area contributed by atoms with E-state index in [0.717, 1.165) is 44.0 Å². The number of nitrogens with zero attached hydrogens (tertiary/aromatic N) is 3. The Balaban J connectivity index is 1.42. The van der Waals surface area contributed by atoms with Gasteiger partial charge in [0.25, 0.3) is 0 Å². The maximum atomic E-state index is 12.2. The Morgan fingerprint density at radius 1 is 1.22 bits per heavy atom. The molecule has 0 saturated carbocycles. The van der Waals surface area contributed by atoms with Gasteiger partial charge < -0.3 is 4.90 Å². The maximum Gasteiger partial charge on any atom is 0.323 e. The van der Waals surface area contributed by atoms with Gasteiger partial charge >= 0.3 is 6.03 Å². The highest BCUT2D eigenvalue weighted by Crippen LogP contribution is 2.17. The molecule has 1 saturated heterocycles. The van der Waals surface area contributed by atoms with Crippen LogP contribution < -0.4 is 5.32 Å². The first-order valence-electron chi connectivity index (χ1n) is 7.95. The monoisotopic (exact) mass is 330 g/mol. The minimum Gasteiger partial charge on any atom is -0.322 e. The number of carbonyl (C=O) groups is 1. The molecule has 23 heavy (non-hydrogen) atoms.